The molecule has 5 heteroatoms. The molecule has 0 aromatic carbocycles. The minimum atomic E-state index is 0.852. The molecular formula is C9H18N4O. The fraction of sp³-hybridized carbons (Fsp3) is 0.778. The Hall–Kier alpha value is -0.940. The van der Waals surface area contributed by atoms with Crippen LogP contribution in [0.4, 0.5) is 0 Å². The lowest BCUT2D eigenvalue weighted by atomic mass is 10.3. The SMILES string of the molecule is COCCCCNCCn1ccnn1. The summed E-state index contributed by atoms with van der Waals surface area (Å²) >= 11 is 0. The summed E-state index contributed by atoms with van der Waals surface area (Å²) in [6.07, 6.45) is 5.84. The Morgan fingerprint density at radius 3 is 3.00 bits per heavy atom. The van der Waals surface area contributed by atoms with Gasteiger partial charge in [0.25, 0.3) is 0 Å². The molecule has 0 saturated heterocycles. The standard InChI is InChI=1S/C9H18N4O/c1-14-9-3-2-4-10-5-7-13-8-6-11-12-13/h6,8,10H,2-5,7,9H2,1H3. The molecule has 1 aromatic heterocycles. The zero-order chi connectivity index (χ0) is 10.1. The van der Waals surface area contributed by atoms with Gasteiger partial charge in [-0.05, 0) is 19.4 Å². The van der Waals surface area contributed by atoms with Crippen LogP contribution in [0.2, 0.25) is 0 Å². The highest BCUT2D eigenvalue weighted by atomic mass is 16.5. The third-order valence-electron chi connectivity index (χ3n) is 1.94. The molecule has 0 radical (unpaired) electrons. The van der Waals surface area contributed by atoms with E-state index in [0.717, 1.165) is 39.1 Å². The van der Waals surface area contributed by atoms with E-state index in [-0.39, 0.29) is 0 Å². The average molecular weight is 198 g/mol. The second-order valence-electron chi connectivity index (χ2n) is 3.12. The van der Waals surface area contributed by atoms with Gasteiger partial charge in [0.1, 0.15) is 0 Å². The first kappa shape index (κ1) is 11.1. The molecule has 0 unspecified atom stereocenters. The Balaban J connectivity index is 1.85. The summed E-state index contributed by atoms with van der Waals surface area (Å²) < 4.78 is 6.78. The normalized spacial score (nSPS) is 10.6. The molecule has 1 aromatic rings. The summed E-state index contributed by atoms with van der Waals surface area (Å²) in [5.74, 6) is 0. The predicted octanol–water partition coefficient (Wildman–Crippen LogP) is 0.294. The largest absolute Gasteiger partial charge is 0.385 e. The molecule has 0 amide bonds. The highest BCUT2D eigenvalue weighted by Gasteiger charge is 1.91. The molecule has 0 spiro atoms. The lowest BCUT2D eigenvalue weighted by Crippen LogP contribution is -2.21. The first-order chi connectivity index (χ1) is 6.93. The third kappa shape index (κ3) is 4.94. The molecule has 0 saturated carbocycles. The molecule has 0 aliphatic rings. The summed E-state index contributed by atoms with van der Waals surface area (Å²) in [7, 11) is 1.73. The molecular weight excluding hydrogens is 180 g/mol. The van der Waals surface area contributed by atoms with Crippen LogP contribution in [0.1, 0.15) is 12.8 Å². The van der Waals surface area contributed by atoms with Crippen molar-refractivity contribution in [2.75, 3.05) is 26.8 Å². The van der Waals surface area contributed by atoms with Crippen LogP contribution in [0, 0.1) is 0 Å². The number of hydrogen-bond acceptors (Lipinski definition) is 4. The molecule has 14 heavy (non-hydrogen) atoms. The van der Waals surface area contributed by atoms with E-state index in [1.54, 1.807) is 13.3 Å². The van der Waals surface area contributed by atoms with E-state index in [2.05, 4.69) is 15.6 Å². The molecule has 1 N–H and O–H groups in total. The van der Waals surface area contributed by atoms with Crippen molar-refractivity contribution in [3.63, 3.8) is 0 Å². The van der Waals surface area contributed by atoms with E-state index in [1.165, 1.54) is 0 Å². The maximum absolute atomic E-state index is 4.96. The summed E-state index contributed by atoms with van der Waals surface area (Å²) in [5, 5.41) is 10.9. The van der Waals surface area contributed by atoms with Crippen LogP contribution < -0.4 is 5.32 Å². The van der Waals surface area contributed by atoms with Crippen LogP contribution in [0.5, 0.6) is 0 Å². The minimum Gasteiger partial charge on any atom is -0.385 e. The highest BCUT2D eigenvalue weighted by molar-refractivity contribution is 4.64. The zero-order valence-electron chi connectivity index (χ0n) is 8.65. The van der Waals surface area contributed by atoms with Gasteiger partial charge >= 0.3 is 0 Å². The highest BCUT2D eigenvalue weighted by Crippen LogP contribution is 1.86. The van der Waals surface area contributed by atoms with Gasteiger partial charge < -0.3 is 10.1 Å². The Morgan fingerprint density at radius 1 is 1.36 bits per heavy atom. The second-order valence-corrected chi connectivity index (χ2v) is 3.12. The molecule has 1 heterocycles. The van der Waals surface area contributed by atoms with Crippen LogP contribution >= 0.6 is 0 Å². The van der Waals surface area contributed by atoms with Crippen LogP contribution in [-0.2, 0) is 11.3 Å². The van der Waals surface area contributed by atoms with Crippen LogP contribution in [0.15, 0.2) is 12.4 Å². The van der Waals surface area contributed by atoms with Gasteiger partial charge in [0.2, 0.25) is 0 Å². The van der Waals surface area contributed by atoms with Gasteiger partial charge in [-0.25, -0.2) is 0 Å². The number of nitrogens with one attached hydrogen (secondary N) is 1. The van der Waals surface area contributed by atoms with Gasteiger partial charge in [-0.2, -0.15) is 0 Å². The number of ether oxygens (including phenoxy) is 1. The van der Waals surface area contributed by atoms with Crippen molar-refractivity contribution < 1.29 is 4.74 Å². The number of nitrogens with zero attached hydrogens (tertiary/aromatic N) is 3. The summed E-state index contributed by atoms with van der Waals surface area (Å²) in [4.78, 5) is 0. The third-order valence-corrected chi connectivity index (χ3v) is 1.94. The Bertz CT molecular complexity index is 213. The average Bonchev–Trinajstić information content (AvgIpc) is 2.69. The molecule has 5 nitrogen and oxygen atoms in total. The van der Waals surface area contributed by atoms with Gasteiger partial charge in [0, 0.05) is 26.5 Å². The number of rotatable bonds is 8. The van der Waals surface area contributed by atoms with Crippen LogP contribution in [0.3, 0.4) is 0 Å². The van der Waals surface area contributed by atoms with E-state index < -0.39 is 0 Å². The number of unbranched alkanes of at least 4 members (excludes halogenated alkanes) is 1. The van der Waals surface area contributed by atoms with Crippen molar-refractivity contribution >= 4 is 0 Å². The summed E-state index contributed by atoms with van der Waals surface area (Å²) in [6.45, 7) is 3.71. The Labute approximate surface area is 84.4 Å². The van der Waals surface area contributed by atoms with E-state index in [9.17, 15) is 0 Å². The first-order valence-electron chi connectivity index (χ1n) is 4.97. The smallest absolute Gasteiger partial charge is 0.0692 e. The molecule has 0 aliphatic heterocycles. The van der Waals surface area contributed by atoms with E-state index in [0.29, 0.717) is 0 Å². The number of hydrogen-bond donors (Lipinski definition) is 1. The molecule has 0 atom stereocenters. The van der Waals surface area contributed by atoms with Gasteiger partial charge in [-0.15, -0.1) is 5.10 Å². The van der Waals surface area contributed by atoms with Gasteiger partial charge in [0.15, 0.2) is 0 Å². The van der Waals surface area contributed by atoms with Crippen molar-refractivity contribution in [1.29, 1.82) is 0 Å². The van der Waals surface area contributed by atoms with E-state index in [1.807, 2.05) is 10.9 Å². The Kier molecular flexibility index (Phi) is 5.94. The first-order valence-corrected chi connectivity index (χ1v) is 4.97. The number of aromatic nitrogens is 3. The molecule has 0 fully saturated rings. The fourth-order valence-corrected chi connectivity index (χ4v) is 1.17. The molecule has 0 bridgehead atoms. The number of methoxy groups -OCH3 is 1. The van der Waals surface area contributed by atoms with Crippen LogP contribution in [0.25, 0.3) is 0 Å². The zero-order valence-corrected chi connectivity index (χ0v) is 8.65. The maximum Gasteiger partial charge on any atom is 0.0692 e. The van der Waals surface area contributed by atoms with Crippen molar-refractivity contribution in [2.45, 2.75) is 19.4 Å². The Morgan fingerprint density at radius 2 is 2.29 bits per heavy atom. The quantitative estimate of drug-likeness (QED) is 0.610. The fourth-order valence-electron chi connectivity index (χ4n) is 1.17. The lowest BCUT2D eigenvalue weighted by Gasteiger charge is -2.03. The monoisotopic (exact) mass is 198 g/mol. The molecule has 1 rings (SSSR count). The second kappa shape index (κ2) is 7.46. The van der Waals surface area contributed by atoms with Crippen molar-refractivity contribution in [3.8, 4) is 0 Å². The van der Waals surface area contributed by atoms with E-state index in [4.69, 9.17) is 4.74 Å². The van der Waals surface area contributed by atoms with E-state index >= 15 is 0 Å². The lowest BCUT2D eigenvalue weighted by molar-refractivity contribution is 0.192. The molecule has 0 aliphatic carbocycles. The summed E-state index contributed by atoms with van der Waals surface area (Å²) in [6, 6.07) is 0. The summed E-state index contributed by atoms with van der Waals surface area (Å²) in [5.41, 5.74) is 0. The maximum atomic E-state index is 4.96. The predicted molar refractivity (Wildman–Crippen MR) is 54.0 cm³/mol. The molecule has 80 valence electrons. The van der Waals surface area contributed by atoms with Gasteiger partial charge in [0.05, 0.1) is 12.7 Å². The van der Waals surface area contributed by atoms with Crippen molar-refractivity contribution in [1.82, 2.24) is 20.3 Å². The van der Waals surface area contributed by atoms with Gasteiger partial charge in [-0.1, -0.05) is 5.21 Å². The topological polar surface area (TPSA) is 52.0 Å². The van der Waals surface area contributed by atoms with Gasteiger partial charge in [-0.3, -0.25) is 4.68 Å². The minimum absolute atomic E-state index is 0.852. The van der Waals surface area contributed by atoms with Crippen molar-refractivity contribution in [3.05, 3.63) is 12.4 Å². The van der Waals surface area contributed by atoms with Crippen LogP contribution in [-0.4, -0.2) is 41.8 Å². The van der Waals surface area contributed by atoms with Crippen molar-refractivity contribution in [2.24, 2.45) is 0 Å².